The minimum atomic E-state index is -0.685. The predicted molar refractivity (Wildman–Crippen MR) is 89.7 cm³/mol. The Bertz CT molecular complexity index is 693. The van der Waals surface area contributed by atoms with Crippen molar-refractivity contribution in [3.63, 3.8) is 0 Å². The Balaban J connectivity index is 1.70. The molecule has 0 unspecified atom stereocenters. The monoisotopic (exact) mass is 316 g/mol. The van der Waals surface area contributed by atoms with E-state index in [0.29, 0.717) is 18.5 Å². The summed E-state index contributed by atoms with van der Waals surface area (Å²) in [7, 11) is 0. The van der Waals surface area contributed by atoms with Crippen LogP contribution >= 0.6 is 0 Å². The number of benzene rings is 1. The highest BCUT2D eigenvalue weighted by Gasteiger charge is 2.30. The second-order valence-corrected chi connectivity index (χ2v) is 6.77. The van der Waals surface area contributed by atoms with Crippen molar-refractivity contribution < 1.29 is 14.3 Å². The number of hydrogen-bond donors (Lipinski definition) is 2. The van der Waals surface area contributed by atoms with Gasteiger partial charge in [0.25, 0.3) is 6.01 Å². The van der Waals surface area contributed by atoms with E-state index in [1.807, 2.05) is 6.07 Å². The van der Waals surface area contributed by atoms with Gasteiger partial charge in [-0.3, -0.25) is 4.79 Å². The summed E-state index contributed by atoms with van der Waals surface area (Å²) in [6, 6.07) is 6.54. The first-order valence-electron chi connectivity index (χ1n) is 8.41. The van der Waals surface area contributed by atoms with Crippen LogP contribution in [0.2, 0.25) is 0 Å². The lowest BCUT2D eigenvalue weighted by molar-refractivity contribution is -0.144. The second-order valence-electron chi connectivity index (χ2n) is 6.77. The molecule has 2 atom stereocenters. The predicted octanol–water partition coefficient (Wildman–Crippen LogP) is 4.25. The van der Waals surface area contributed by atoms with Gasteiger partial charge in [0.1, 0.15) is 5.52 Å². The summed E-state index contributed by atoms with van der Waals surface area (Å²) < 4.78 is 5.72. The Morgan fingerprint density at radius 1 is 1.39 bits per heavy atom. The largest absolute Gasteiger partial charge is 0.481 e. The van der Waals surface area contributed by atoms with Crippen molar-refractivity contribution in [3.8, 4) is 0 Å². The number of nitrogens with one attached hydrogen (secondary N) is 1. The molecular formula is C18H24N2O3. The quantitative estimate of drug-likeness (QED) is 0.862. The van der Waals surface area contributed by atoms with Gasteiger partial charge in [-0.2, -0.15) is 4.98 Å². The maximum Gasteiger partial charge on any atom is 0.306 e. The lowest BCUT2D eigenvalue weighted by Crippen LogP contribution is -2.31. The maximum atomic E-state index is 11.4. The summed E-state index contributed by atoms with van der Waals surface area (Å²) in [4.78, 5) is 15.8. The summed E-state index contributed by atoms with van der Waals surface area (Å²) in [6.45, 7) is 4.89. The van der Waals surface area contributed by atoms with Gasteiger partial charge in [-0.05, 0) is 42.4 Å². The van der Waals surface area contributed by atoms with Gasteiger partial charge in [0.15, 0.2) is 5.58 Å². The number of oxazole rings is 1. The zero-order valence-electron chi connectivity index (χ0n) is 13.7. The van der Waals surface area contributed by atoms with E-state index >= 15 is 0 Å². The van der Waals surface area contributed by atoms with Gasteiger partial charge < -0.3 is 14.8 Å². The Morgan fingerprint density at radius 3 is 2.91 bits per heavy atom. The van der Waals surface area contributed by atoms with Gasteiger partial charge >= 0.3 is 5.97 Å². The summed E-state index contributed by atoms with van der Waals surface area (Å²) in [5.74, 6) is -0.350. The van der Waals surface area contributed by atoms with Gasteiger partial charge in [0, 0.05) is 6.54 Å². The molecule has 1 saturated carbocycles. The molecule has 1 aromatic carbocycles. The van der Waals surface area contributed by atoms with Crippen LogP contribution in [0.25, 0.3) is 11.1 Å². The number of rotatable bonds is 5. The first kappa shape index (κ1) is 15.8. The Labute approximate surface area is 136 Å². The van der Waals surface area contributed by atoms with Crippen molar-refractivity contribution >= 4 is 23.1 Å². The summed E-state index contributed by atoms with van der Waals surface area (Å²) in [5, 5.41) is 12.5. The van der Waals surface area contributed by atoms with Gasteiger partial charge in [0.2, 0.25) is 0 Å². The van der Waals surface area contributed by atoms with Gasteiger partial charge in [0.05, 0.1) is 5.92 Å². The third kappa shape index (κ3) is 3.49. The lowest BCUT2D eigenvalue weighted by atomic mass is 9.79. The van der Waals surface area contributed by atoms with Crippen LogP contribution in [0.1, 0.15) is 51.0 Å². The molecule has 1 heterocycles. The molecule has 3 rings (SSSR count). The average Bonchev–Trinajstić information content (AvgIpc) is 2.94. The zero-order chi connectivity index (χ0) is 16.4. The third-order valence-corrected chi connectivity index (χ3v) is 4.82. The fourth-order valence-electron chi connectivity index (χ4n) is 3.37. The molecule has 2 aromatic rings. The van der Waals surface area contributed by atoms with Crippen LogP contribution in [0.15, 0.2) is 22.6 Å². The van der Waals surface area contributed by atoms with Crippen molar-refractivity contribution in [1.29, 1.82) is 0 Å². The van der Waals surface area contributed by atoms with E-state index in [9.17, 15) is 9.90 Å². The molecule has 1 aromatic heterocycles. The Morgan fingerprint density at radius 2 is 2.17 bits per heavy atom. The lowest BCUT2D eigenvalue weighted by Gasteiger charge is -2.28. The molecular weight excluding hydrogens is 292 g/mol. The van der Waals surface area contributed by atoms with Gasteiger partial charge in [-0.25, -0.2) is 0 Å². The zero-order valence-corrected chi connectivity index (χ0v) is 13.7. The number of fused-ring (bicyclic) bond motifs is 1. The third-order valence-electron chi connectivity index (χ3n) is 4.82. The molecule has 1 aliphatic carbocycles. The fourth-order valence-corrected chi connectivity index (χ4v) is 3.37. The summed E-state index contributed by atoms with van der Waals surface area (Å²) >= 11 is 0. The van der Waals surface area contributed by atoms with Crippen LogP contribution < -0.4 is 5.32 Å². The number of aliphatic carboxylic acids is 1. The molecule has 0 aliphatic heterocycles. The topological polar surface area (TPSA) is 75.4 Å². The molecule has 2 N–H and O–H groups in total. The van der Waals surface area contributed by atoms with Crippen LogP contribution in [0.4, 0.5) is 6.01 Å². The van der Waals surface area contributed by atoms with E-state index in [-0.39, 0.29) is 11.8 Å². The van der Waals surface area contributed by atoms with Gasteiger partial charge in [-0.1, -0.05) is 32.8 Å². The fraction of sp³-hybridized carbons (Fsp3) is 0.556. The van der Waals surface area contributed by atoms with E-state index < -0.39 is 5.97 Å². The maximum absolute atomic E-state index is 11.4. The molecule has 0 saturated heterocycles. The number of nitrogens with zero attached hydrogens (tertiary/aromatic N) is 1. The van der Waals surface area contributed by atoms with Crippen LogP contribution in [0.3, 0.4) is 0 Å². The van der Waals surface area contributed by atoms with E-state index in [4.69, 9.17) is 4.42 Å². The van der Waals surface area contributed by atoms with E-state index in [0.717, 1.165) is 36.8 Å². The highest BCUT2D eigenvalue weighted by molar-refractivity contribution is 5.75. The average molecular weight is 316 g/mol. The molecule has 5 nitrogen and oxygen atoms in total. The van der Waals surface area contributed by atoms with E-state index in [2.05, 4.69) is 36.3 Å². The summed E-state index contributed by atoms with van der Waals surface area (Å²) in [6.07, 6.45) is 3.82. The van der Waals surface area contributed by atoms with Crippen molar-refractivity contribution in [1.82, 2.24) is 4.98 Å². The first-order valence-corrected chi connectivity index (χ1v) is 8.41. The second kappa shape index (κ2) is 6.60. The normalized spacial score (nSPS) is 21.7. The van der Waals surface area contributed by atoms with Crippen molar-refractivity contribution in [2.75, 3.05) is 11.9 Å². The van der Waals surface area contributed by atoms with Crippen LogP contribution in [-0.2, 0) is 4.79 Å². The highest BCUT2D eigenvalue weighted by Crippen LogP contribution is 2.31. The van der Waals surface area contributed by atoms with Crippen LogP contribution in [0, 0.1) is 11.8 Å². The van der Waals surface area contributed by atoms with E-state index in [1.165, 1.54) is 5.56 Å². The smallest absolute Gasteiger partial charge is 0.306 e. The standard InChI is InChI=1S/C18H24N2O3/c1-11(2)12-7-8-16-15(9-12)20-18(23-16)19-10-13-5-3-4-6-14(13)17(21)22/h7-9,11,13-14H,3-6,10H2,1-2H3,(H,19,20)(H,21,22)/t13-,14-/m0/s1. The van der Waals surface area contributed by atoms with Crippen molar-refractivity contribution in [3.05, 3.63) is 23.8 Å². The number of carbonyl (C=O) groups is 1. The van der Waals surface area contributed by atoms with Crippen molar-refractivity contribution in [2.45, 2.75) is 45.4 Å². The number of carboxylic acids is 1. The van der Waals surface area contributed by atoms with E-state index in [1.54, 1.807) is 0 Å². The Kier molecular flexibility index (Phi) is 4.55. The molecule has 23 heavy (non-hydrogen) atoms. The summed E-state index contributed by atoms with van der Waals surface area (Å²) in [5.41, 5.74) is 2.84. The number of aromatic nitrogens is 1. The van der Waals surface area contributed by atoms with Crippen LogP contribution in [-0.4, -0.2) is 22.6 Å². The molecule has 5 heteroatoms. The number of hydrogen-bond acceptors (Lipinski definition) is 4. The molecule has 0 spiro atoms. The molecule has 1 aliphatic rings. The minimum Gasteiger partial charge on any atom is -0.481 e. The number of carboxylic acid groups (broad SMARTS) is 1. The molecule has 0 radical (unpaired) electrons. The van der Waals surface area contributed by atoms with Crippen LogP contribution in [0.5, 0.6) is 0 Å². The highest BCUT2D eigenvalue weighted by atomic mass is 16.4. The number of anilines is 1. The SMILES string of the molecule is CC(C)c1ccc2oc(NC[C@@H]3CCCC[C@@H]3C(=O)O)nc2c1. The molecule has 0 bridgehead atoms. The molecule has 1 fully saturated rings. The molecule has 0 amide bonds. The van der Waals surface area contributed by atoms with Crippen molar-refractivity contribution in [2.24, 2.45) is 11.8 Å². The minimum absolute atomic E-state index is 0.141. The van der Waals surface area contributed by atoms with Gasteiger partial charge in [-0.15, -0.1) is 0 Å². The first-order chi connectivity index (χ1) is 11.0. The molecule has 124 valence electrons. The Hall–Kier alpha value is -2.04.